The van der Waals surface area contributed by atoms with E-state index in [1.54, 1.807) is 41.3 Å². The van der Waals surface area contributed by atoms with Crippen molar-refractivity contribution in [2.45, 2.75) is 11.6 Å². The van der Waals surface area contributed by atoms with Gasteiger partial charge >= 0.3 is 6.03 Å². The molecule has 3 aromatic heterocycles. The van der Waals surface area contributed by atoms with E-state index in [1.165, 1.54) is 16.6 Å². The lowest BCUT2D eigenvalue weighted by Crippen LogP contribution is -2.41. The van der Waals surface area contributed by atoms with Crippen molar-refractivity contribution in [3.63, 3.8) is 0 Å². The van der Waals surface area contributed by atoms with Crippen LogP contribution in [0.15, 0.2) is 45.5 Å². The van der Waals surface area contributed by atoms with E-state index >= 15 is 0 Å². The van der Waals surface area contributed by atoms with Crippen molar-refractivity contribution >= 4 is 35.0 Å². The van der Waals surface area contributed by atoms with Crippen molar-refractivity contribution in [2.24, 2.45) is 7.05 Å². The molecular weight excluding hydrogens is 374 g/mol. The monoisotopic (exact) mass is 391 g/mol. The molecule has 0 aromatic carbocycles. The molecule has 3 rings (SSSR count). The first kappa shape index (κ1) is 18.2. The van der Waals surface area contributed by atoms with Crippen LogP contribution in [0.4, 0.5) is 4.79 Å². The number of thioether (sulfide) groups is 1. The highest BCUT2D eigenvalue weighted by atomic mass is 32.2. The largest absolute Gasteiger partial charge is 0.461 e. The van der Waals surface area contributed by atoms with Gasteiger partial charge in [-0.2, -0.15) is 0 Å². The van der Waals surface area contributed by atoms with Gasteiger partial charge in [-0.25, -0.2) is 4.79 Å². The Morgan fingerprint density at radius 1 is 1.31 bits per heavy atom. The lowest BCUT2D eigenvalue weighted by molar-refractivity contribution is -0.117. The average Bonchev–Trinajstić information content (AvgIpc) is 3.35. The molecule has 3 amide bonds. The van der Waals surface area contributed by atoms with Crippen molar-refractivity contribution in [1.82, 2.24) is 25.4 Å². The zero-order valence-electron chi connectivity index (χ0n) is 14.0. The van der Waals surface area contributed by atoms with Crippen LogP contribution in [0.3, 0.4) is 0 Å². The summed E-state index contributed by atoms with van der Waals surface area (Å²) in [5.74, 6) is 0.833. The van der Waals surface area contributed by atoms with Crippen LogP contribution in [0.5, 0.6) is 0 Å². The highest BCUT2D eigenvalue weighted by Gasteiger charge is 2.15. The van der Waals surface area contributed by atoms with Gasteiger partial charge in [-0.05, 0) is 30.0 Å². The number of carbonyl (C=O) groups is 2. The topological polar surface area (TPSA) is 102 Å². The molecule has 0 bridgehead atoms. The van der Waals surface area contributed by atoms with E-state index in [-0.39, 0.29) is 5.75 Å². The molecular formula is C16H17N5O3S2. The maximum Gasteiger partial charge on any atom is 0.321 e. The molecule has 0 saturated heterocycles. The Hall–Kier alpha value is -2.59. The number of thiophene rings is 1. The first-order valence-corrected chi connectivity index (χ1v) is 9.66. The third-order valence-corrected chi connectivity index (χ3v) is 5.36. The van der Waals surface area contributed by atoms with E-state index in [0.29, 0.717) is 23.3 Å². The van der Waals surface area contributed by atoms with E-state index in [4.69, 9.17) is 4.42 Å². The molecule has 3 aromatic rings. The number of amides is 3. The maximum atomic E-state index is 11.9. The molecule has 10 heteroatoms. The number of rotatable bonds is 7. The first-order chi connectivity index (χ1) is 12.6. The Morgan fingerprint density at radius 3 is 2.92 bits per heavy atom. The first-order valence-electron chi connectivity index (χ1n) is 7.79. The summed E-state index contributed by atoms with van der Waals surface area (Å²) in [7, 11) is 1.79. The average molecular weight is 391 g/mol. The van der Waals surface area contributed by atoms with Gasteiger partial charge in [0.25, 0.3) is 0 Å². The number of nitrogens with one attached hydrogen (secondary N) is 2. The summed E-state index contributed by atoms with van der Waals surface area (Å²) in [6, 6.07) is 7.02. The highest BCUT2D eigenvalue weighted by molar-refractivity contribution is 7.99. The SMILES string of the molecule is Cn1c(SCC(=O)NC(=O)NCCc2cccs2)nnc1-c1ccco1. The fourth-order valence-corrected chi connectivity index (χ4v) is 3.57. The van der Waals surface area contributed by atoms with E-state index in [2.05, 4.69) is 20.8 Å². The van der Waals surface area contributed by atoms with E-state index in [9.17, 15) is 9.59 Å². The summed E-state index contributed by atoms with van der Waals surface area (Å²) < 4.78 is 7.03. The molecule has 26 heavy (non-hydrogen) atoms. The van der Waals surface area contributed by atoms with Crippen LogP contribution in [0.25, 0.3) is 11.6 Å². The molecule has 0 aliphatic carbocycles. The van der Waals surface area contributed by atoms with Crippen molar-refractivity contribution in [2.75, 3.05) is 12.3 Å². The van der Waals surface area contributed by atoms with Crippen LogP contribution in [0.2, 0.25) is 0 Å². The molecule has 136 valence electrons. The Labute approximate surface area is 158 Å². The lowest BCUT2D eigenvalue weighted by atomic mass is 10.3. The zero-order valence-corrected chi connectivity index (χ0v) is 15.6. The lowest BCUT2D eigenvalue weighted by Gasteiger charge is -2.06. The van der Waals surface area contributed by atoms with Crippen LogP contribution in [0, 0.1) is 0 Å². The summed E-state index contributed by atoms with van der Waals surface area (Å²) in [6.45, 7) is 0.475. The second-order valence-corrected chi connectivity index (χ2v) is 7.24. The number of aromatic nitrogens is 3. The molecule has 2 N–H and O–H groups in total. The Balaban J connectivity index is 1.42. The normalized spacial score (nSPS) is 10.7. The van der Waals surface area contributed by atoms with Gasteiger partial charge in [0.05, 0.1) is 12.0 Å². The Kier molecular flexibility index (Phi) is 6.08. The summed E-state index contributed by atoms with van der Waals surface area (Å²) in [5, 5.41) is 15.6. The number of carbonyl (C=O) groups excluding carboxylic acids is 2. The molecule has 0 aliphatic heterocycles. The number of urea groups is 1. The fraction of sp³-hybridized carbons (Fsp3) is 0.250. The number of furan rings is 1. The molecule has 0 fully saturated rings. The van der Waals surface area contributed by atoms with Crippen molar-refractivity contribution in [3.05, 3.63) is 40.8 Å². The smallest absolute Gasteiger partial charge is 0.321 e. The van der Waals surface area contributed by atoms with Gasteiger partial charge in [0, 0.05) is 18.5 Å². The molecule has 0 radical (unpaired) electrons. The number of hydrogen-bond donors (Lipinski definition) is 2. The number of nitrogens with zero attached hydrogens (tertiary/aromatic N) is 3. The number of hydrogen-bond acceptors (Lipinski definition) is 7. The van der Waals surface area contributed by atoms with Crippen LogP contribution in [0.1, 0.15) is 4.88 Å². The van der Waals surface area contributed by atoms with Crippen molar-refractivity contribution in [3.8, 4) is 11.6 Å². The van der Waals surface area contributed by atoms with Gasteiger partial charge in [-0.3, -0.25) is 10.1 Å². The predicted molar refractivity (Wildman–Crippen MR) is 99.0 cm³/mol. The van der Waals surface area contributed by atoms with Gasteiger partial charge < -0.3 is 14.3 Å². The van der Waals surface area contributed by atoms with Gasteiger partial charge in [-0.1, -0.05) is 17.8 Å². The zero-order chi connectivity index (χ0) is 18.4. The third kappa shape index (κ3) is 4.73. The molecule has 0 atom stereocenters. The summed E-state index contributed by atoms with van der Waals surface area (Å²) in [6.07, 6.45) is 2.30. The Morgan fingerprint density at radius 2 is 2.19 bits per heavy atom. The quantitative estimate of drug-likeness (QED) is 0.599. The molecule has 0 unspecified atom stereocenters. The van der Waals surface area contributed by atoms with Crippen LogP contribution >= 0.6 is 23.1 Å². The highest BCUT2D eigenvalue weighted by Crippen LogP contribution is 2.22. The molecule has 0 aliphatic rings. The summed E-state index contributed by atoms with van der Waals surface area (Å²) in [5.41, 5.74) is 0. The minimum atomic E-state index is -0.499. The minimum absolute atomic E-state index is 0.0580. The van der Waals surface area contributed by atoms with E-state index < -0.39 is 11.9 Å². The predicted octanol–water partition coefficient (Wildman–Crippen LogP) is 2.30. The molecule has 3 heterocycles. The van der Waals surface area contributed by atoms with Crippen LogP contribution < -0.4 is 10.6 Å². The fourth-order valence-electron chi connectivity index (χ4n) is 2.15. The van der Waals surface area contributed by atoms with Crippen LogP contribution in [-0.4, -0.2) is 39.0 Å². The van der Waals surface area contributed by atoms with E-state index in [1.807, 2.05) is 17.5 Å². The second kappa shape index (κ2) is 8.68. The molecule has 0 saturated carbocycles. The van der Waals surface area contributed by atoms with Gasteiger partial charge in [0.15, 0.2) is 16.7 Å². The van der Waals surface area contributed by atoms with Gasteiger partial charge in [0.2, 0.25) is 5.91 Å². The minimum Gasteiger partial charge on any atom is -0.461 e. The molecule has 0 spiro atoms. The van der Waals surface area contributed by atoms with Gasteiger partial charge in [0.1, 0.15) is 0 Å². The second-order valence-electron chi connectivity index (χ2n) is 5.26. The summed E-state index contributed by atoms with van der Waals surface area (Å²) in [4.78, 5) is 24.8. The van der Waals surface area contributed by atoms with Gasteiger partial charge in [-0.15, -0.1) is 21.5 Å². The third-order valence-electron chi connectivity index (χ3n) is 3.40. The van der Waals surface area contributed by atoms with Crippen molar-refractivity contribution in [1.29, 1.82) is 0 Å². The maximum absolute atomic E-state index is 11.9. The Bertz CT molecular complexity index is 859. The van der Waals surface area contributed by atoms with E-state index in [0.717, 1.165) is 6.42 Å². The standard InChI is InChI=1S/C16H17N5O3S2/c1-21-14(12-5-2-8-24-12)19-20-16(21)26-10-13(22)18-15(23)17-7-6-11-4-3-9-25-11/h2-5,8-9H,6-7,10H2,1H3,(H2,17,18,22,23). The molecule has 8 nitrogen and oxygen atoms in total. The number of imide groups is 1. The van der Waals surface area contributed by atoms with Crippen LogP contribution in [-0.2, 0) is 18.3 Å². The summed E-state index contributed by atoms with van der Waals surface area (Å²) >= 11 is 2.83. The van der Waals surface area contributed by atoms with Crippen molar-refractivity contribution < 1.29 is 14.0 Å².